The van der Waals surface area contributed by atoms with Crippen molar-refractivity contribution in [2.45, 2.75) is 0 Å². The molecule has 0 fully saturated rings. The number of pyridine rings is 1. The van der Waals surface area contributed by atoms with Gasteiger partial charge in [0.2, 0.25) is 0 Å². The lowest BCUT2D eigenvalue weighted by Gasteiger charge is -2.07. The third-order valence-electron chi connectivity index (χ3n) is 2.28. The second-order valence-corrected chi connectivity index (χ2v) is 3.25. The predicted molar refractivity (Wildman–Crippen MR) is 58.2 cm³/mol. The zero-order chi connectivity index (χ0) is 11.7. The van der Waals surface area contributed by atoms with Crippen LogP contribution in [0.3, 0.4) is 0 Å². The molecule has 0 atom stereocenters. The molecule has 2 rings (SSSR count). The zero-order valence-corrected chi connectivity index (χ0v) is 8.49. The van der Waals surface area contributed by atoms with Crippen LogP contribution in [0.4, 0.5) is 10.1 Å². The van der Waals surface area contributed by atoms with Crippen molar-refractivity contribution in [1.82, 2.24) is 4.98 Å². The van der Waals surface area contributed by atoms with Gasteiger partial charge in [0.25, 0.3) is 0 Å². The van der Waals surface area contributed by atoms with Gasteiger partial charge in [-0.15, -0.1) is 0 Å². The number of nitrogens with one attached hydrogen (secondary N) is 1. The Morgan fingerprint density at radius 2 is 2.25 bits per heavy atom. The first kappa shape index (κ1) is 10.4. The molecule has 0 amide bonds. The minimum atomic E-state index is -1.18. The van der Waals surface area contributed by atoms with Crippen LogP contribution in [-0.4, -0.2) is 23.1 Å². The van der Waals surface area contributed by atoms with Crippen molar-refractivity contribution in [3.05, 3.63) is 35.8 Å². The van der Waals surface area contributed by atoms with Crippen molar-refractivity contribution in [3.8, 4) is 0 Å². The summed E-state index contributed by atoms with van der Waals surface area (Å²) in [6.45, 7) is 0. The number of fused-ring (bicyclic) bond motifs is 1. The molecule has 0 bridgehead atoms. The normalized spacial score (nSPS) is 10.4. The van der Waals surface area contributed by atoms with Gasteiger partial charge in [0.05, 0.1) is 0 Å². The second kappa shape index (κ2) is 3.77. The highest BCUT2D eigenvalue weighted by Crippen LogP contribution is 2.24. The van der Waals surface area contributed by atoms with E-state index in [-0.39, 0.29) is 11.2 Å². The first-order chi connectivity index (χ1) is 7.63. The zero-order valence-electron chi connectivity index (χ0n) is 8.49. The number of rotatable bonds is 2. The molecular formula is C11H9FN2O2. The summed E-state index contributed by atoms with van der Waals surface area (Å²) in [6, 6.07) is 5.87. The Hall–Kier alpha value is -2.17. The molecular weight excluding hydrogens is 211 g/mol. The minimum Gasteiger partial charge on any atom is -0.477 e. The summed E-state index contributed by atoms with van der Waals surface area (Å²) >= 11 is 0. The third-order valence-corrected chi connectivity index (χ3v) is 2.28. The lowest BCUT2D eigenvalue weighted by atomic mass is 10.1. The number of carboxylic acid groups (broad SMARTS) is 1. The van der Waals surface area contributed by atoms with E-state index in [1.807, 2.05) is 0 Å². The van der Waals surface area contributed by atoms with Crippen LogP contribution in [0.2, 0.25) is 0 Å². The highest BCUT2D eigenvalue weighted by atomic mass is 19.1. The van der Waals surface area contributed by atoms with E-state index < -0.39 is 11.8 Å². The number of nitrogens with zero attached hydrogens (tertiary/aromatic N) is 1. The molecule has 82 valence electrons. The van der Waals surface area contributed by atoms with Crippen LogP contribution in [0.15, 0.2) is 24.3 Å². The maximum absolute atomic E-state index is 13.5. The predicted octanol–water partition coefficient (Wildman–Crippen LogP) is 2.11. The quantitative estimate of drug-likeness (QED) is 0.813. The molecule has 0 aliphatic carbocycles. The van der Waals surface area contributed by atoms with Gasteiger partial charge in [-0.25, -0.2) is 14.2 Å². The van der Waals surface area contributed by atoms with E-state index in [4.69, 9.17) is 5.11 Å². The molecule has 0 radical (unpaired) electrons. The monoisotopic (exact) mass is 220 g/mol. The lowest BCUT2D eigenvalue weighted by molar-refractivity contribution is 0.0691. The van der Waals surface area contributed by atoms with Crippen molar-refractivity contribution in [2.24, 2.45) is 0 Å². The number of halogens is 1. The maximum Gasteiger partial charge on any atom is 0.354 e. The summed E-state index contributed by atoms with van der Waals surface area (Å²) in [5.41, 5.74) is 0.426. The Labute approximate surface area is 90.7 Å². The highest BCUT2D eigenvalue weighted by Gasteiger charge is 2.12. The van der Waals surface area contributed by atoms with Gasteiger partial charge in [-0.1, -0.05) is 12.1 Å². The summed E-state index contributed by atoms with van der Waals surface area (Å²) in [5.74, 6) is -1.71. The van der Waals surface area contributed by atoms with Gasteiger partial charge >= 0.3 is 5.97 Å². The van der Waals surface area contributed by atoms with Gasteiger partial charge in [-0.3, -0.25) is 0 Å². The van der Waals surface area contributed by atoms with E-state index in [0.717, 1.165) is 0 Å². The van der Waals surface area contributed by atoms with E-state index >= 15 is 0 Å². The molecule has 0 aliphatic rings. The number of carbonyl (C=O) groups is 1. The van der Waals surface area contributed by atoms with E-state index in [1.165, 1.54) is 12.1 Å². The summed E-state index contributed by atoms with van der Waals surface area (Å²) in [4.78, 5) is 14.6. The first-order valence-electron chi connectivity index (χ1n) is 4.64. The Morgan fingerprint density at radius 3 is 2.88 bits per heavy atom. The molecule has 4 nitrogen and oxygen atoms in total. The molecule has 1 aromatic heterocycles. The lowest BCUT2D eigenvalue weighted by Crippen LogP contribution is -2.03. The van der Waals surface area contributed by atoms with E-state index in [1.54, 1.807) is 19.2 Å². The van der Waals surface area contributed by atoms with Crippen molar-refractivity contribution in [1.29, 1.82) is 0 Å². The fraction of sp³-hybridized carbons (Fsp3) is 0.0909. The Bertz CT molecular complexity index is 569. The smallest absolute Gasteiger partial charge is 0.354 e. The number of anilines is 1. The molecule has 16 heavy (non-hydrogen) atoms. The number of benzene rings is 1. The van der Waals surface area contributed by atoms with Gasteiger partial charge in [-0.2, -0.15) is 0 Å². The van der Waals surface area contributed by atoms with E-state index in [0.29, 0.717) is 11.1 Å². The third kappa shape index (κ3) is 1.56. The highest BCUT2D eigenvalue weighted by molar-refractivity contribution is 5.97. The van der Waals surface area contributed by atoms with Crippen LogP contribution in [0, 0.1) is 5.82 Å². The summed E-state index contributed by atoms with van der Waals surface area (Å²) in [7, 11) is 1.64. The van der Waals surface area contributed by atoms with Gasteiger partial charge < -0.3 is 10.4 Å². The molecule has 5 heteroatoms. The maximum atomic E-state index is 13.5. The summed E-state index contributed by atoms with van der Waals surface area (Å²) in [6.07, 6.45) is 0. The van der Waals surface area contributed by atoms with Gasteiger partial charge in [-0.05, 0) is 12.1 Å². The molecule has 0 saturated carbocycles. The number of aromatic nitrogens is 1. The van der Waals surface area contributed by atoms with Crippen molar-refractivity contribution >= 4 is 22.6 Å². The van der Waals surface area contributed by atoms with Crippen LogP contribution in [0.1, 0.15) is 10.5 Å². The first-order valence-corrected chi connectivity index (χ1v) is 4.64. The number of carboxylic acids is 1. The molecule has 0 unspecified atom stereocenters. The number of hydrogen-bond donors (Lipinski definition) is 2. The average molecular weight is 220 g/mol. The van der Waals surface area contributed by atoms with Crippen LogP contribution in [0.5, 0.6) is 0 Å². The van der Waals surface area contributed by atoms with Crippen LogP contribution in [-0.2, 0) is 0 Å². The van der Waals surface area contributed by atoms with Gasteiger partial charge in [0.15, 0.2) is 5.69 Å². The topological polar surface area (TPSA) is 62.2 Å². The van der Waals surface area contributed by atoms with E-state index in [9.17, 15) is 9.18 Å². The van der Waals surface area contributed by atoms with Crippen LogP contribution in [0.25, 0.3) is 10.9 Å². The largest absolute Gasteiger partial charge is 0.477 e. The summed E-state index contributed by atoms with van der Waals surface area (Å²) < 4.78 is 13.5. The van der Waals surface area contributed by atoms with Crippen LogP contribution >= 0.6 is 0 Å². The van der Waals surface area contributed by atoms with Gasteiger partial charge in [0.1, 0.15) is 11.3 Å². The molecule has 2 aromatic rings. The Balaban J connectivity index is 2.84. The summed E-state index contributed by atoms with van der Waals surface area (Å²) in [5, 5.41) is 12.2. The number of hydrogen-bond acceptors (Lipinski definition) is 3. The molecule has 2 N–H and O–H groups in total. The van der Waals surface area contributed by atoms with Crippen LogP contribution < -0.4 is 5.32 Å². The SMILES string of the molecule is CNc1cc(C(=O)O)nc2c(F)cccc12. The molecule has 1 heterocycles. The standard InChI is InChI=1S/C11H9FN2O2/c1-13-8-5-9(11(15)16)14-10-6(8)3-2-4-7(10)12/h2-5H,1H3,(H,13,14)(H,15,16). The molecule has 0 aliphatic heterocycles. The van der Waals surface area contributed by atoms with Gasteiger partial charge in [0, 0.05) is 18.1 Å². The average Bonchev–Trinajstić information content (AvgIpc) is 2.28. The molecule has 1 aromatic carbocycles. The fourth-order valence-electron chi connectivity index (χ4n) is 1.53. The Morgan fingerprint density at radius 1 is 1.50 bits per heavy atom. The molecule has 0 spiro atoms. The Kier molecular flexibility index (Phi) is 2.44. The van der Waals surface area contributed by atoms with Crippen molar-refractivity contribution in [3.63, 3.8) is 0 Å². The minimum absolute atomic E-state index is 0.0618. The van der Waals surface area contributed by atoms with Crippen molar-refractivity contribution in [2.75, 3.05) is 12.4 Å². The molecule has 0 saturated heterocycles. The van der Waals surface area contributed by atoms with E-state index in [2.05, 4.69) is 10.3 Å². The fourth-order valence-corrected chi connectivity index (χ4v) is 1.53. The second-order valence-electron chi connectivity index (χ2n) is 3.25. The number of aromatic carboxylic acids is 1. The van der Waals surface area contributed by atoms with Crippen molar-refractivity contribution < 1.29 is 14.3 Å². The number of para-hydroxylation sites is 1.